The van der Waals surface area contributed by atoms with Gasteiger partial charge in [0.05, 0.1) is 12.6 Å². The maximum atomic E-state index is 11.8. The normalized spacial score (nSPS) is 18.0. The van der Waals surface area contributed by atoms with Gasteiger partial charge in [0.25, 0.3) is 0 Å². The van der Waals surface area contributed by atoms with Crippen molar-refractivity contribution in [2.45, 2.75) is 32.4 Å². The Kier molecular flexibility index (Phi) is 7.34. The summed E-state index contributed by atoms with van der Waals surface area (Å²) in [4.78, 5) is 16.6. The Morgan fingerprint density at radius 1 is 1.21 bits per heavy atom. The van der Waals surface area contributed by atoms with Crippen LogP contribution < -0.4 is 15.5 Å². The first-order valence-electron chi connectivity index (χ1n) is 8.83. The number of anilines is 1. The number of nitrogens with one attached hydrogen (secondary N) is 2. The molecule has 1 aliphatic rings. The number of carbonyl (C=O) groups excluding carboxylic acids is 1. The van der Waals surface area contributed by atoms with Gasteiger partial charge in [-0.25, -0.2) is 4.79 Å². The molecule has 0 bridgehead atoms. The molecule has 2 rings (SSSR count). The fourth-order valence-corrected chi connectivity index (χ4v) is 2.94. The number of aliphatic hydroxyl groups is 1. The number of urea groups is 1. The summed E-state index contributed by atoms with van der Waals surface area (Å²) in [5.41, 5.74) is 1.27. The van der Waals surface area contributed by atoms with E-state index in [-0.39, 0.29) is 18.7 Å². The molecule has 6 nitrogen and oxygen atoms in total. The molecular formula is C18H30N4O2. The Morgan fingerprint density at radius 3 is 2.46 bits per heavy atom. The molecule has 24 heavy (non-hydrogen) atoms. The molecule has 0 saturated carbocycles. The molecule has 1 aromatic carbocycles. The van der Waals surface area contributed by atoms with Crippen LogP contribution in [0.1, 0.15) is 20.3 Å². The zero-order chi connectivity index (χ0) is 17.4. The Bertz CT molecular complexity index is 485. The van der Waals surface area contributed by atoms with Gasteiger partial charge in [-0.05, 0) is 25.5 Å². The van der Waals surface area contributed by atoms with E-state index in [1.54, 1.807) is 0 Å². The topological polar surface area (TPSA) is 67.8 Å². The lowest BCUT2D eigenvalue weighted by molar-refractivity contribution is 0.186. The van der Waals surface area contributed by atoms with Crippen LogP contribution in [0.25, 0.3) is 0 Å². The Morgan fingerprint density at radius 2 is 1.88 bits per heavy atom. The van der Waals surface area contributed by atoms with Crippen LogP contribution >= 0.6 is 0 Å². The summed E-state index contributed by atoms with van der Waals surface area (Å²) in [5.74, 6) is 0. The molecule has 1 saturated heterocycles. The number of piperazine rings is 1. The minimum atomic E-state index is -0.203. The SMILES string of the molecule is CCC(CO)NC(=O)NCC(C)N1CCN(c2ccccc2)CC1. The Labute approximate surface area is 144 Å². The predicted octanol–water partition coefficient (Wildman–Crippen LogP) is 1.27. The van der Waals surface area contributed by atoms with E-state index < -0.39 is 0 Å². The molecular weight excluding hydrogens is 304 g/mol. The molecule has 2 unspecified atom stereocenters. The first-order valence-corrected chi connectivity index (χ1v) is 8.83. The van der Waals surface area contributed by atoms with Gasteiger partial charge < -0.3 is 20.6 Å². The fourth-order valence-electron chi connectivity index (χ4n) is 2.94. The summed E-state index contributed by atoms with van der Waals surface area (Å²) in [6.07, 6.45) is 0.723. The predicted molar refractivity (Wildman–Crippen MR) is 97.4 cm³/mol. The number of aliphatic hydroxyl groups excluding tert-OH is 1. The lowest BCUT2D eigenvalue weighted by Gasteiger charge is -2.39. The number of benzene rings is 1. The number of para-hydroxylation sites is 1. The van der Waals surface area contributed by atoms with Crippen molar-refractivity contribution in [1.82, 2.24) is 15.5 Å². The van der Waals surface area contributed by atoms with Crippen LogP contribution in [0.4, 0.5) is 10.5 Å². The molecule has 1 aromatic rings. The summed E-state index contributed by atoms with van der Waals surface area (Å²) in [6.45, 7) is 8.66. The van der Waals surface area contributed by atoms with Crippen molar-refractivity contribution >= 4 is 11.7 Å². The first-order chi connectivity index (χ1) is 11.6. The summed E-state index contributed by atoms with van der Waals surface area (Å²) in [6, 6.07) is 10.4. The average Bonchev–Trinajstić information content (AvgIpc) is 2.65. The van der Waals surface area contributed by atoms with Crippen LogP contribution in [0.2, 0.25) is 0 Å². The van der Waals surface area contributed by atoms with Crippen molar-refractivity contribution in [1.29, 1.82) is 0 Å². The standard InChI is InChI=1S/C18H30N4O2/c1-3-16(14-23)20-18(24)19-13-15(2)21-9-11-22(12-10-21)17-7-5-4-6-8-17/h4-8,15-16,23H,3,9-14H2,1-2H3,(H2,19,20,24). The molecule has 2 amide bonds. The number of hydrogen-bond donors (Lipinski definition) is 3. The van der Waals surface area contributed by atoms with Gasteiger partial charge in [0.15, 0.2) is 0 Å². The summed E-state index contributed by atoms with van der Waals surface area (Å²) >= 11 is 0. The Balaban J connectivity index is 1.71. The van der Waals surface area contributed by atoms with E-state index in [1.807, 2.05) is 13.0 Å². The van der Waals surface area contributed by atoms with Crippen LogP contribution in [-0.4, -0.2) is 67.5 Å². The molecule has 134 valence electrons. The van der Waals surface area contributed by atoms with Gasteiger partial charge >= 0.3 is 6.03 Å². The van der Waals surface area contributed by atoms with Crippen LogP contribution in [0.3, 0.4) is 0 Å². The van der Waals surface area contributed by atoms with E-state index in [0.29, 0.717) is 12.6 Å². The van der Waals surface area contributed by atoms with Crippen molar-refractivity contribution in [2.75, 3.05) is 44.2 Å². The minimum Gasteiger partial charge on any atom is -0.394 e. The smallest absolute Gasteiger partial charge is 0.315 e. The molecule has 1 heterocycles. The largest absolute Gasteiger partial charge is 0.394 e. The molecule has 1 aliphatic heterocycles. The fraction of sp³-hybridized carbons (Fsp3) is 0.611. The van der Waals surface area contributed by atoms with Crippen molar-refractivity contribution in [3.8, 4) is 0 Å². The molecule has 0 radical (unpaired) electrons. The highest BCUT2D eigenvalue weighted by Crippen LogP contribution is 2.16. The minimum absolute atomic E-state index is 0.0269. The highest BCUT2D eigenvalue weighted by molar-refractivity contribution is 5.74. The van der Waals surface area contributed by atoms with Gasteiger partial charge in [-0.15, -0.1) is 0 Å². The van der Waals surface area contributed by atoms with Gasteiger partial charge in [-0.3, -0.25) is 4.90 Å². The number of carbonyl (C=O) groups is 1. The zero-order valence-electron chi connectivity index (χ0n) is 14.7. The first kappa shape index (κ1) is 18.5. The van der Waals surface area contributed by atoms with Crippen LogP contribution in [-0.2, 0) is 0 Å². The third kappa shape index (κ3) is 5.39. The maximum Gasteiger partial charge on any atom is 0.315 e. The number of hydrogen-bond acceptors (Lipinski definition) is 4. The van der Waals surface area contributed by atoms with E-state index >= 15 is 0 Å². The molecule has 6 heteroatoms. The molecule has 0 spiro atoms. The van der Waals surface area contributed by atoms with Crippen molar-refractivity contribution in [3.05, 3.63) is 30.3 Å². The second-order valence-corrected chi connectivity index (χ2v) is 6.35. The Hall–Kier alpha value is -1.79. The van der Waals surface area contributed by atoms with E-state index in [4.69, 9.17) is 5.11 Å². The molecule has 2 atom stereocenters. The molecule has 3 N–H and O–H groups in total. The summed E-state index contributed by atoms with van der Waals surface area (Å²) in [5, 5.41) is 14.8. The van der Waals surface area contributed by atoms with E-state index in [9.17, 15) is 4.79 Å². The highest BCUT2D eigenvalue weighted by atomic mass is 16.3. The van der Waals surface area contributed by atoms with Gasteiger partial charge in [-0.2, -0.15) is 0 Å². The van der Waals surface area contributed by atoms with Gasteiger partial charge in [0, 0.05) is 44.5 Å². The zero-order valence-corrected chi connectivity index (χ0v) is 14.7. The van der Waals surface area contributed by atoms with Crippen LogP contribution in [0.15, 0.2) is 30.3 Å². The third-order valence-electron chi connectivity index (χ3n) is 4.67. The number of amides is 2. The summed E-state index contributed by atoms with van der Waals surface area (Å²) in [7, 11) is 0. The number of nitrogens with zero attached hydrogens (tertiary/aromatic N) is 2. The third-order valence-corrected chi connectivity index (χ3v) is 4.67. The maximum absolute atomic E-state index is 11.8. The second kappa shape index (κ2) is 9.49. The lowest BCUT2D eigenvalue weighted by Crippen LogP contribution is -2.53. The quantitative estimate of drug-likeness (QED) is 0.702. The second-order valence-electron chi connectivity index (χ2n) is 6.35. The molecule has 0 aromatic heterocycles. The van der Waals surface area contributed by atoms with Gasteiger partial charge in [0.2, 0.25) is 0 Å². The summed E-state index contributed by atoms with van der Waals surface area (Å²) < 4.78 is 0. The molecule has 1 fully saturated rings. The van der Waals surface area contributed by atoms with Crippen LogP contribution in [0.5, 0.6) is 0 Å². The van der Waals surface area contributed by atoms with Crippen LogP contribution in [0, 0.1) is 0 Å². The highest BCUT2D eigenvalue weighted by Gasteiger charge is 2.21. The van der Waals surface area contributed by atoms with Gasteiger partial charge in [0.1, 0.15) is 0 Å². The van der Waals surface area contributed by atoms with E-state index in [0.717, 1.165) is 32.6 Å². The van der Waals surface area contributed by atoms with Gasteiger partial charge in [-0.1, -0.05) is 25.1 Å². The van der Waals surface area contributed by atoms with Crippen molar-refractivity contribution < 1.29 is 9.90 Å². The number of rotatable bonds is 7. The van der Waals surface area contributed by atoms with E-state index in [2.05, 4.69) is 51.6 Å². The lowest BCUT2D eigenvalue weighted by atomic mass is 10.2. The monoisotopic (exact) mass is 334 g/mol. The van der Waals surface area contributed by atoms with E-state index in [1.165, 1.54) is 5.69 Å². The van der Waals surface area contributed by atoms with Crippen molar-refractivity contribution in [3.63, 3.8) is 0 Å². The molecule has 0 aliphatic carbocycles. The average molecular weight is 334 g/mol. The van der Waals surface area contributed by atoms with Crippen molar-refractivity contribution in [2.24, 2.45) is 0 Å².